The lowest BCUT2D eigenvalue weighted by molar-refractivity contribution is 0.277. The van der Waals surface area contributed by atoms with Gasteiger partial charge in [-0.05, 0) is 19.9 Å². The molecule has 0 unspecified atom stereocenters. The standard InChI is InChI=1S/C10H18N2O3S/c1-4-12(8(2)3)16(14,15)10-5-9(7-13)11-6-10/h5-6,8,11,13H,4,7H2,1-3H3. The van der Waals surface area contributed by atoms with E-state index in [4.69, 9.17) is 5.11 Å². The third-order valence-corrected chi connectivity index (χ3v) is 4.51. The number of hydrogen-bond donors (Lipinski definition) is 2. The van der Waals surface area contributed by atoms with E-state index in [1.807, 2.05) is 13.8 Å². The fourth-order valence-corrected chi connectivity index (χ4v) is 3.27. The molecule has 0 radical (unpaired) electrons. The minimum atomic E-state index is -3.45. The van der Waals surface area contributed by atoms with E-state index in [2.05, 4.69) is 4.98 Å². The largest absolute Gasteiger partial charge is 0.390 e. The SMILES string of the molecule is CCN(C(C)C)S(=O)(=O)c1c[nH]c(CO)c1. The molecule has 1 aromatic rings. The number of aromatic amines is 1. The lowest BCUT2D eigenvalue weighted by Gasteiger charge is -2.23. The second-order valence-electron chi connectivity index (χ2n) is 3.82. The first-order chi connectivity index (χ1) is 7.43. The Kier molecular flexibility index (Phi) is 4.12. The number of hydrogen-bond acceptors (Lipinski definition) is 3. The van der Waals surface area contributed by atoms with Crippen molar-refractivity contribution in [1.82, 2.24) is 9.29 Å². The molecule has 5 nitrogen and oxygen atoms in total. The zero-order valence-corrected chi connectivity index (χ0v) is 10.6. The average molecular weight is 246 g/mol. The molecule has 0 aliphatic carbocycles. The van der Waals surface area contributed by atoms with Crippen LogP contribution in [0, 0.1) is 0 Å². The Morgan fingerprint density at radius 1 is 1.50 bits per heavy atom. The molecule has 92 valence electrons. The highest BCUT2D eigenvalue weighted by Crippen LogP contribution is 2.18. The van der Waals surface area contributed by atoms with Gasteiger partial charge in [-0.1, -0.05) is 6.92 Å². The monoisotopic (exact) mass is 246 g/mol. The van der Waals surface area contributed by atoms with Crippen molar-refractivity contribution in [3.63, 3.8) is 0 Å². The van der Waals surface area contributed by atoms with Crippen LogP contribution in [0.25, 0.3) is 0 Å². The number of aromatic nitrogens is 1. The molecule has 0 fully saturated rings. The first-order valence-corrected chi connectivity index (χ1v) is 6.67. The first-order valence-electron chi connectivity index (χ1n) is 5.23. The van der Waals surface area contributed by atoms with Crippen molar-refractivity contribution in [1.29, 1.82) is 0 Å². The van der Waals surface area contributed by atoms with E-state index >= 15 is 0 Å². The quantitative estimate of drug-likeness (QED) is 0.811. The maximum atomic E-state index is 12.2. The van der Waals surface area contributed by atoms with Crippen molar-refractivity contribution in [3.8, 4) is 0 Å². The molecular formula is C10H18N2O3S. The minimum absolute atomic E-state index is 0.0810. The van der Waals surface area contributed by atoms with Gasteiger partial charge in [0.15, 0.2) is 0 Å². The number of nitrogens with one attached hydrogen (secondary N) is 1. The number of rotatable bonds is 5. The van der Waals surface area contributed by atoms with Crippen LogP contribution in [0.4, 0.5) is 0 Å². The Balaban J connectivity index is 3.09. The van der Waals surface area contributed by atoms with Crippen LogP contribution in [-0.2, 0) is 16.6 Å². The summed E-state index contributed by atoms with van der Waals surface area (Å²) in [7, 11) is -3.45. The molecule has 6 heteroatoms. The van der Waals surface area contributed by atoms with Gasteiger partial charge in [0.1, 0.15) is 0 Å². The molecule has 0 saturated carbocycles. The van der Waals surface area contributed by atoms with Crippen LogP contribution in [0.3, 0.4) is 0 Å². The Bertz CT molecular complexity index is 437. The van der Waals surface area contributed by atoms with E-state index in [0.29, 0.717) is 12.2 Å². The van der Waals surface area contributed by atoms with Gasteiger partial charge >= 0.3 is 0 Å². The molecule has 1 rings (SSSR count). The molecule has 2 N–H and O–H groups in total. The maximum absolute atomic E-state index is 12.2. The second kappa shape index (κ2) is 4.99. The highest BCUT2D eigenvalue weighted by molar-refractivity contribution is 7.89. The lowest BCUT2D eigenvalue weighted by atomic mass is 10.4. The topological polar surface area (TPSA) is 73.4 Å². The minimum Gasteiger partial charge on any atom is -0.390 e. The third-order valence-electron chi connectivity index (χ3n) is 2.38. The molecule has 0 amide bonds. The van der Waals surface area contributed by atoms with E-state index < -0.39 is 10.0 Å². The van der Waals surface area contributed by atoms with Gasteiger partial charge in [-0.2, -0.15) is 4.31 Å². The van der Waals surface area contributed by atoms with Gasteiger partial charge in [0, 0.05) is 24.5 Å². The van der Waals surface area contributed by atoms with Crippen LogP contribution in [0.5, 0.6) is 0 Å². The number of H-pyrrole nitrogens is 1. The van der Waals surface area contributed by atoms with Crippen LogP contribution in [0.2, 0.25) is 0 Å². The van der Waals surface area contributed by atoms with E-state index in [0.717, 1.165) is 0 Å². The van der Waals surface area contributed by atoms with E-state index in [1.54, 1.807) is 6.92 Å². The highest BCUT2D eigenvalue weighted by atomic mass is 32.2. The number of sulfonamides is 1. The summed E-state index contributed by atoms with van der Waals surface area (Å²) in [5, 5.41) is 8.88. The molecule has 0 saturated heterocycles. The Labute approximate surface area is 96.1 Å². The summed E-state index contributed by atoms with van der Waals surface area (Å²) in [5.41, 5.74) is 0.499. The molecule has 0 bridgehead atoms. The molecule has 0 aliphatic rings. The van der Waals surface area contributed by atoms with Crippen LogP contribution in [0.15, 0.2) is 17.2 Å². The Morgan fingerprint density at radius 2 is 2.12 bits per heavy atom. The van der Waals surface area contributed by atoms with E-state index in [1.165, 1.54) is 16.6 Å². The Morgan fingerprint density at radius 3 is 2.50 bits per heavy atom. The molecule has 0 spiro atoms. The fraction of sp³-hybridized carbons (Fsp3) is 0.600. The van der Waals surface area contributed by atoms with Gasteiger partial charge < -0.3 is 10.1 Å². The predicted molar refractivity (Wildman–Crippen MR) is 61.4 cm³/mol. The number of aliphatic hydroxyl groups is 1. The molecule has 0 aliphatic heterocycles. The van der Waals surface area contributed by atoms with Crippen molar-refractivity contribution in [3.05, 3.63) is 18.0 Å². The molecule has 1 heterocycles. The van der Waals surface area contributed by atoms with Crippen molar-refractivity contribution in [2.24, 2.45) is 0 Å². The highest BCUT2D eigenvalue weighted by Gasteiger charge is 2.26. The van der Waals surface area contributed by atoms with Crippen molar-refractivity contribution >= 4 is 10.0 Å². The van der Waals surface area contributed by atoms with Crippen LogP contribution < -0.4 is 0 Å². The van der Waals surface area contributed by atoms with E-state index in [9.17, 15) is 8.42 Å². The smallest absolute Gasteiger partial charge is 0.244 e. The van der Waals surface area contributed by atoms with Crippen LogP contribution >= 0.6 is 0 Å². The van der Waals surface area contributed by atoms with E-state index in [-0.39, 0.29) is 17.5 Å². The zero-order valence-electron chi connectivity index (χ0n) is 9.77. The summed E-state index contributed by atoms with van der Waals surface area (Å²) in [6.45, 7) is 5.71. The van der Waals surface area contributed by atoms with Crippen molar-refractivity contribution in [2.75, 3.05) is 6.54 Å². The molecule has 16 heavy (non-hydrogen) atoms. The predicted octanol–water partition coefficient (Wildman–Crippen LogP) is 0.926. The molecule has 0 aromatic carbocycles. The fourth-order valence-electron chi connectivity index (χ4n) is 1.61. The van der Waals surface area contributed by atoms with Crippen LogP contribution in [-0.4, -0.2) is 35.4 Å². The Hall–Kier alpha value is -0.850. The normalized spacial score (nSPS) is 12.6. The summed E-state index contributed by atoms with van der Waals surface area (Å²) >= 11 is 0. The summed E-state index contributed by atoms with van der Waals surface area (Å²) in [6, 6.07) is 1.38. The second-order valence-corrected chi connectivity index (χ2v) is 5.71. The molecule has 1 aromatic heterocycles. The average Bonchev–Trinajstić information content (AvgIpc) is 2.66. The summed E-state index contributed by atoms with van der Waals surface area (Å²) in [6.07, 6.45) is 1.41. The maximum Gasteiger partial charge on any atom is 0.244 e. The van der Waals surface area contributed by atoms with Gasteiger partial charge in [0.05, 0.1) is 11.5 Å². The summed E-state index contributed by atoms with van der Waals surface area (Å²) in [4.78, 5) is 2.92. The summed E-state index contributed by atoms with van der Waals surface area (Å²) in [5.74, 6) is 0. The summed E-state index contributed by atoms with van der Waals surface area (Å²) < 4.78 is 25.7. The van der Waals surface area contributed by atoms with Gasteiger partial charge in [-0.25, -0.2) is 8.42 Å². The number of aliphatic hydroxyl groups excluding tert-OH is 1. The third kappa shape index (κ3) is 2.45. The van der Waals surface area contributed by atoms with Gasteiger partial charge in [-0.3, -0.25) is 0 Å². The first kappa shape index (κ1) is 13.2. The van der Waals surface area contributed by atoms with Gasteiger partial charge in [-0.15, -0.1) is 0 Å². The molecular weight excluding hydrogens is 228 g/mol. The molecule has 0 atom stereocenters. The lowest BCUT2D eigenvalue weighted by Crippen LogP contribution is -2.36. The van der Waals surface area contributed by atoms with Gasteiger partial charge in [0.25, 0.3) is 0 Å². The number of nitrogens with zero attached hydrogens (tertiary/aromatic N) is 1. The van der Waals surface area contributed by atoms with Crippen molar-refractivity contribution < 1.29 is 13.5 Å². The zero-order chi connectivity index (χ0) is 12.3. The van der Waals surface area contributed by atoms with Gasteiger partial charge in [0.2, 0.25) is 10.0 Å². The van der Waals surface area contributed by atoms with Crippen molar-refractivity contribution in [2.45, 2.75) is 38.3 Å². The van der Waals surface area contributed by atoms with Crippen LogP contribution in [0.1, 0.15) is 26.5 Å².